The molecule has 1 amide bonds. The summed E-state index contributed by atoms with van der Waals surface area (Å²) in [6, 6.07) is 21.5. The van der Waals surface area contributed by atoms with Gasteiger partial charge in [-0.1, -0.05) is 39.7 Å². The first-order valence-electron chi connectivity index (χ1n) is 9.28. The highest BCUT2D eigenvalue weighted by molar-refractivity contribution is 9.10. The van der Waals surface area contributed by atoms with E-state index in [0.717, 1.165) is 15.5 Å². The van der Waals surface area contributed by atoms with E-state index in [1.54, 1.807) is 36.4 Å². The molecule has 3 aromatic carbocycles. The predicted molar refractivity (Wildman–Crippen MR) is 121 cm³/mol. The van der Waals surface area contributed by atoms with E-state index in [2.05, 4.69) is 26.2 Å². The lowest BCUT2D eigenvalue weighted by atomic mass is 10.1. The number of carbonyl (C=O) groups is 2. The molecule has 0 atom stereocenters. The first kappa shape index (κ1) is 20.3. The van der Waals surface area contributed by atoms with Gasteiger partial charge in [-0.3, -0.25) is 9.59 Å². The monoisotopic (exact) mass is 481 g/mol. The molecule has 0 spiro atoms. The summed E-state index contributed by atoms with van der Waals surface area (Å²) in [5.41, 5.74) is 2.74. The number of para-hydroxylation sites is 2. The number of Topliss-reactive ketones (excluding diaryl/α,β-unsaturated/α-hetero) is 1. The van der Waals surface area contributed by atoms with Crippen molar-refractivity contribution in [2.45, 2.75) is 13.1 Å². The predicted octanol–water partition coefficient (Wildman–Crippen LogP) is 5.27. The summed E-state index contributed by atoms with van der Waals surface area (Å²) < 4.78 is 2.75. The number of imidazole rings is 1. The van der Waals surface area contributed by atoms with Crippen molar-refractivity contribution >= 4 is 50.3 Å². The van der Waals surface area contributed by atoms with Crippen LogP contribution >= 0.6 is 27.5 Å². The van der Waals surface area contributed by atoms with Crippen molar-refractivity contribution in [3.8, 4) is 0 Å². The van der Waals surface area contributed by atoms with Gasteiger partial charge in [-0.2, -0.15) is 0 Å². The second-order valence-electron chi connectivity index (χ2n) is 6.72. The Hall–Kier alpha value is -2.96. The molecule has 0 saturated heterocycles. The smallest absolute Gasteiger partial charge is 0.251 e. The van der Waals surface area contributed by atoms with Crippen LogP contribution in [0.3, 0.4) is 0 Å². The van der Waals surface area contributed by atoms with E-state index in [1.165, 1.54) is 0 Å². The van der Waals surface area contributed by atoms with Crippen LogP contribution in [0.5, 0.6) is 0 Å². The maximum Gasteiger partial charge on any atom is 0.251 e. The Morgan fingerprint density at radius 3 is 2.33 bits per heavy atom. The van der Waals surface area contributed by atoms with Gasteiger partial charge in [0.25, 0.3) is 5.91 Å². The van der Waals surface area contributed by atoms with Gasteiger partial charge in [0.15, 0.2) is 5.78 Å². The van der Waals surface area contributed by atoms with Crippen LogP contribution < -0.4 is 5.32 Å². The number of aromatic nitrogens is 2. The number of hydrogen-bond acceptors (Lipinski definition) is 3. The lowest BCUT2D eigenvalue weighted by Gasteiger charge is -2.10. The molecular weight excluding hydrogens is 466 g/mol. The highest BCUT2D eigenvalue weighted by Crippen LogP contribution is 2.18. The zero-order chi connectivity index (χ0) is 21.1. The van der Waals surface area contributed by atoms with Gasteiger partial charge in [-0.15, -0.1) is 0 Å². The topological polar surface area (TPSA) is 64.0 Å². The van der Waals surface area contributed by atoms with Crippen LogP contribution in [0.1, 0.15) is 26.5 Å². The molecule has 0 aliphatic heterocycles. The van der Waals surface area contributed by atoms with E-state index in [1.807, 2.05) is 41.0 Å². The molecule has 1 aromatic heterocycles. The Bertz CT molecular complexity index is 1220. The number of nitrogens with zero attached hydrogens (tertiary/aromatic N) is 2. The van der Waals surface area contributed by atoms with Crippen LogP contribution in [0.4, 0.5) is 0 Å². The van der Waals surface area contributed by atoms with Crippen molar-refractivity contribution in [1.29, 1.82) is 0 Å². The molecule has 7 heteroatoms. The van der Waals surface area contributed by atoms with Gasteiger partial charge in [0, 0.05) is 20.6 Å². The van der Waals surface area contributed by atoms with Crippen molar-refractivity contribution in [1.82, 2.24) is 14.9 Å². The Morgan fingerprint density at radius 1 is 0.933 bits per heavy atom. The zero-order valence-electron chi connectivity index (χ0n) is 15.8. The quantitative estimate of drug-likeness (QED) is 0.381. The number of carbonyl (C=O) groups excluding carboxylic acids is 2. The molecule has 1 N–H and O–H groups in total. The SMILES string of the molecule is O=C(Cn1c(CNC(=O)c2ccc(Br)cc2)nc2ccccc21)c1ccc(Cl)cc1. The normalized spacial score (nSPS) is 10.9. The molecule has 0 saturated carbocycles. The van der Waals surface area contributed by atoms with Crippen LogP contribution in [-0.2, 0) is 13.1 Å². The highest BCUT2D eigenvalue weighted by Gasteiger charge is 2.16. The molecule has 30 heavy (non-hydrogen) atoms. The first-order valence-corrected chi connectivity index (χ1v) is 10.4. The van der Waals surface area contributed by atoms with Crippen LogP contribution in [0.2, 0.25) is 5.02 Å². The minimum Gasteiger partial charge on any atom is -0.345 e. The van der Waals surface area contributed by atoms with Crippen molar-refractivity contribution in [2.75, 3.05) is 0 Å². The number of nitrogens with one attached hydrogen (secondary N) is 1. The molecule has 0 radical (unpaired) electrons. The number of halogens is 2. The molecule has 4 aromatic rings. The molecule has 0 fully saturated rings. The third-order valence-corrected chi connectivity index (χ3v) is 5.50. The van der Waals surface area contributed by atoms with Gasteiger partial charge in [-0.05, 0) is 60.7 Å². The summed E-state index contributed by atoms with van der Waals surface area (Å²) in [7, 11) is 0. The summed E-state index contributed by atoms with van der Waals surface area (Å²) >= 11 is 9.28. The van der Waals surface area contributed by atoms with E-state index < -0.39 is 0 Å². The maximum absolute atomic E-state index is 12.8. The van der Waals surface area contributed by atoms with Gasteiger partial charge < -0.3 is 9.88 Å². The van der Waals surface area contributed by atoms with Crippen LogP contribution in [0.25, 0.3) is 11.0 Å². The molecule has 0 aliphatic carbocycles. The van der Waals surface area contributed by atoms with E-state index in [9.17, 15) is 9.59 Å². The van der Waals surface area contributed by atoms with E-state index in [4.69, 9.17) is 11.6 Å². The first-order chi connectivity index (χ1) is 14.5. The molecular formula is C23H17BrClN3O2. The number of rotatable bonds is 6. The second-order valence-corrected chi connectivity index (χ2v) is 8.07. The van der Waals surface area contributed by atoms with Crippen molar-refractivity contribution in [3.63, 3.8) is 0 Å². The maximum atomic E-state index is 12.8. The minimum atomic E-state index is -0.204. The lowest BCUT2D eigenvalue weighted by Crippen LogP contribution is -2.25. The number of hydrogen-bond donors (Lipinski definition) is 1. The molecule has 0 bridgehead atoms. The fourth-order valence-corrected chi connectivity index (χ4v) is 3.56. The second kappa shape index (κ2) is 8.81. The standard InChI is InChI=1S/C23H17BrClN3O2/c24-17-9-5-16(6-10-17)23(30)26-13-22-27-19-3-1-2-4-20(19)28(22)14-21(29)15-7-11-18(25)12-8-15/h1-12H,13-14H2,(H,26,30). The summed E-state index contributed by atoms with van der Waals surface area (Å²) in [4.78, 5) is 29.9. The third kappa shape index (κ3) is 4.45. The molecule has 1 heterocycles. The molecule has 0 unspecified atom stereocenters. The Balaban J connectivity index is 1.58. The summed E-state index contributed by atoms with van der Waals surface area (Å²) in [6.07, 6.45) is 0. The van der Waals surface area contributed by atoms with Crippen LogP contribution in [-0.4, -0.2) is 21.2 Å². The third-order valence-electron chi connectivity index (χ3n) is 4.71. The van der Waals surface area contributed by atoms with Crippen molar-refractivity contribution in [3.05, 3.63) is 99.2 Å². The van der Waals surface area contributed by atoms with Crippen LogP contribution in [0.15, 0.2) is 77.3 Å². The van der Waals surface area contributed by atoms with E-state index >= 15 is 0 Å². The fraction of sp³-hybridized carbons (Fsp3) is 0.0870. The van der Waals surface area contributed by atoms with Crippen molar-refractivity contribution < 1.29 is 9.59 Å². The number of amides is 1. The Morgan fingerprint density at radius 2 is 1.60 bits per heavy atom. The van der Waals surface area contributed by atoms with Gasteiger partial charge in [-0.25, -0.2) is 4.98 Å². The van der Waals surface area contributed by atoms with Gasteiger partial charge in [0.05, 0.1) is 24.1 Å². The molecule has 0 aliphatic rings. The average molecular weight is 483 g/mol. The van der Waals surface area contributed by atoms with E-state index in [-0.39, 0.29) is 24.8 Å². The van der Waals surface area contributed by atoms with Gasteiger partial charge in [0.2, 0.25) is 0 Å². The van der Waals surface area contributed by atoms with E-state index in [0.29, 0.717) is 22.0 Å². The zero-order valence-corrected chi connectivity index (χ0v) is 18.2. The highest BCUT2D eigenvalue weighted by atomic mass is 79.9. The number of fused-ring (bicyclic) bond motifs is 1. The Labute approximate surface area is 186 Å². The summed E-state index contributed by atoms with van der Waals surface area (Å²) in [5, 5.41) is 3.47. The fourth-order valence-electron chi connectivity index (χ4n) is 3.17. The summed E-state index contributed by atoms with van der Waals surface area (Å²) in [5.74, 6) is 0.351. The largest absolute Gasteiger partial charge is 0.345 e. The molecule has 150 valence electrons. The number of benzene rings is 3. The molecule has 5 nitrogen and oxygen atoms in total. The van der Waals surface area contributed by atoms with Gasteiger partial charge in [0.1, 0.15) is 5.82 Å². The molecule has 4 rings (SSSR count). The average Bonchev–Trinajstić information content (AvgIpc) is 3.10. The Kier molecular flexibility index (Phi) is 5.97. The van der Waals surface area contributed by atoms with Gasteiger partial charge >= 0.3 is 0 Å². The lowest BCUT2D eigenvalue weighted by molar-refractivity contribution is 0.0949. The van der Waals surface area contributed by atoms with Crippen molar-refractivity contribution in [2.24, 2.45) is 0 Å². The number of ketones is 1. The minimum absolute atomic E-state index is 0.0599. The van der Waals surface area contributed by atoms with Crippen LogP contribution in [0, 0.1) is 0 Å². The summed E-state index contributed by atoms with van der Waals surface area (Å²) in [6.45, 7) is 0.323.